The molecule has 1 unspecified atom stereocenters. The van der Waals surface area contributed by atoms with Crippen molar-refractivity contribution in [2.45, 2.75) is 19.6 Å². The number of hydrogen-bond acceptors (Lipinski definition) is 3. The third-order valence-electron chi connectivity index (χ3n) is 3.13. The summed E-state index contributed by atoms with van der Waals surface area (Å²) in [6, 6.07) is 14.7. The van der Waals surface area contributed by atoms with Gasteiger partial charge < -0.3 is 9.67 Å². The molecule has 0 aliphatic rings. The normalized spacial score (nSPS) is 11.8. The van der Waals surface area contributed by atoms with Gasteiger partial charge in [0.05, 0.1) is 12.6 Å². The summed E-state index contributed by atoms with van der Waals surface area (Å²) < 4.78 is 1.96. The molecule has 1 aromatic heterocycles. The summed E-state index contributed by atoms with van der Waals surface area (Å²) in [5.41, 5.74) is 1.26. The van der Waals surface area contributed by atoms with Crippen LogP contribution in [0, 0.1) is 5.41 Å². The van der Waals surface area contributed by atoms with Gasteiger partial charge in [0.1, 0.15) is 0 Å². The third-order valence-corrected chi connectivity index (χ3v) is 4.29. The summed E-state index contributed by atoms with van der Waals surface area (Å²) >= 11 is 6.55. The van der Waals surface area contributed by atoms with Gasteiger partial charge >= 0.3 is 0 Å². The largest absolute Gasteiger partial charge is 0.392 e. The number of nitrogens with one attached hydrogen (secondary N) is 1. The van der Waals surface area contributed by atoms with E-state index in [1.54, 1.807) is 6.92 Å². The van der Waals surface area contributed by atoms with E-state index < -0.39 is 0 Å². The van der Waals surface area contributed by atoms with Crippen LogP contribution in [-0.4, -0.2) is 21.7 Å². The molecule has 3 rings (SSSR count). The van der Waals surface area contributed by atoms with E-state index in [1.165, 1.54) is 27.7 Å². The van der Waals surface area contributed by atoms with Crippen LogP contribution >= 0.6 is 22.9 Å². The smallest absolute Gasteiger partial charge is 0.182 e. The summed E-state index contributed by atoms with van der Waals surface area (Å²) in [4.78, 5) is 0.595. The van der Waals surface area contributed by atoms with Crippen LogP contribution < -0.4 is 4.80 Å². The quantitative estimate of drug-likeness (QED) is 0.702. The zero-order chi connectivity index (χ0) is 15.9. The Bertz CT molecular complexity index is 774. The molecule has 0 spiro atoms. The highest BCUT2D eigenvalue weighted by molar-refractivity contribution is 7.06. The number of aromatic nitrogens is 1. The Labute approximate surface area is 138 Å². The Balaban J connectivity index is 0.000000309. The number of thiazole rings is 1. The van der Waals surface area contributed by atoms with Gasteiger partial charge in [-0.25, -0.2) is 0 Å². The van der Waals surface area contributed by atoms with E-state index in [9.17, 15) is 0 Å². The number of benzene rings is 2. The zero-order valence-corrected chi connectivity index (χ0v) is 13.9. The van der Waals surface area contributed by atoms with Gasteiger partial charge in [0.25, 0.3) is 0 Å². The summed E-state index contributed by atoms with van der Waals surface area (Å²) in [7, 11) is 0. The fourth-order valence-electron chi connectivity index (χ4n) is 2.04. The third kappa shape index (κ3) is 4.44. The molecule has 2 aromatic carbocycles. The summed E-state index contributed by atoms with van der Waals surface area (Å²) in [5.74, 6) is 0.333. The minimum Gasteiger partial charge on any atom is -0.392 e. The van der Waals surface area contributed by atoms with Crippen LogP contribution in [0.4, 0.5) is 0 Å². The van der Waals surface area contributed by atoms with Crippen LogP contribution in [0.3, 0.4) is 0 Å². The summed E-state index contributed by atoms with van der Waals surface area (Å²) in [5, 5.41) is 20.5. The maximum absolute atomic E-state index is 8.23. The molecule has 0 amide bonds. The molecule has 0 saturated carbocycles. The maximum atomic E-state index is 8.23. The molecular formula is C17H19ClN2OS. The van der Waals surface area contributed by atoms with Crippen molar-refractivity contribution in [1.82, 2.24) is 4.57 Å². The Kier molecular flexibility index (Phi) is 6.19. The van der Waals surface area contributed by atoms with Gasteiger partial charge in [-0.3, -0.25) is 5.41 Å². The molecule has 1 atom stereocenters. The first-order valence-electron chi connectivity index (χ1n) is 7.01. The van der Waals surface area contributed by atoms with Gasteiger partial charge in [-0.15, -0.1) is 22.9 Å². The number of hydrogen-bond donors (Lipinski definition) is 2. The molecule has 22 heavy (non-hydrogen) atoms. The van der Waals surface area contributed by atoms with Crippen LogP contribution in [-0.2, 0) is 6.54 Å². The number of nitrogens with zero attached hydrogens (tertiary/aromatic N) is 1. The predicted molar refractivity (Wildman–Crippen MR) is 93.6 cm³/mol. The molecule has 0 fully saturated rings. The van der Waals surface area contributed by atoms with Crippen molar-refractivity contribution in [3.8, 4) is 0 Å². The number of halogens is 1. The van der Waals surface area contributed by atoms with Crippen LogP contribution in [0.5, 0.6) is 0 Å². The van der Waals surface area contributed by atoms with Gasteiger partial charge in [0, 0.05) is 17.5 Å². The highest BCUT2D eigenvalue weighted by Crippen LogP contribution is 2.19. The van der Waals surface area contributed by atoms with Gasteiger partial charge in [0.2, 0.25) is 0 Å². The Morgan fingerprint density at radius 2 is 1.91 bits per heavy atom. The molecule has 0 aliphatic heterocycles. The van der Waals surface area contributed by atoms with E-state index in [0.29, 0.717) is 10.7 Å². The fraction of sp³-hybridized carbons (Fsp3) is 0.235. The zero-order valence-electron chi connectivity index (χ0n) is 12.4. The second kappa shape index (κ2) is 8.13. The second-order valence-corrected chi connectivity index (χ2v) is 6.18. The first-order chi connectivity index (χ1) is 10.6. The Morgan fingerprint density at radius 3 is 2.55 bits per heavy atom. The van der Waals surface area contributed by atoms with Crippen molar-refractivity contribution in [1.29, 1.82) is 5.41 Å². The van der Waals surface area contributed by atoms with Crippen LogP contribution in [0.1, 0.15) is 12.5 Å². The highest BCUT2D eigenvalue weighted by Gasteiger charge is 2.01. The average Bonchev–Trinajstić information content (AvgIpc) is 2.93. The maximum Gasteiger partial charge on any atom is 0.182 e. The van der Waals surface area contributed by atoms with E-state index in [0.717, 1.165) is 6.54 Å². The van der Waals surface area contributed by atoms with E-state index in [1.807, 2.05) is 16.1 Å². The van der Waals surface area contributed by atoms with E-state index >= 15 is 0 Å². The van der Waals surface area contributed by atoms with Crippen molar-refractivity contribution < 1.29 is 5.11 Å². The minimum atomic E-state index is -0.350. The molecule has 0 saturated heterocycles. The van der Waals surface area contributed by atoms with Crippen molar-refractivity contribution in [2.24, 2.45) is 0 Å². The average molecular weight is 335 g/mol. The number of aliphatic hydroxyl groups excluding tert-OH is 1. The van der Waals surface area contributed by atoms with Crippen molar-refractivity contribution in [3.63, 3.8) is 0 Å². The van der Waals surface area contributed by atoms with E-state index in [2.05, 4.69) is 42.5 Å². The lowest BCUT2D eigenvalue weighted by Gasteiger charge is -2.07. The molecule has 0 radical (unpaired) electrons. The Hall–Kier alpha value is -1.62. The molecule has 3 nitrogen and oxygen atoms in total. The summed E-state index contributed by atoms with van der Waals surface area (Å²) in [6.45, 7) is 2.41. The van der Waals surface area contributed by atoms with Crippen molar-refractivity contribution >= 4 is 33.7 Å². The molecule has 0 bridgehead atoms. The first-order valence-corrected chi connectivity index (χ1v) is 8.42. The molecule has 3 aromatic rings. The lowest BCUT2D eigenvalue weighted by atomic mass is 10.0. The van der Waals surface area contributed by atoms with Crippen molar-refractivity contribution in [3.05, 3.63) is 64.4 Å². The van der Waals surface area contributed by atoms with Crippen LogP contribution in [0.15, 0.2) is 54.0 Å². The van der Waals surface area contributed by atoms with Crippen LogP contribution in [0.25, 0.3) is 10.8 Å². The van der Waals surface area contributed by atoms with E-state index in [4.69, 9.17) is 22.1 Å². The topological polar surface area (TPSA) is 49.0 Å². The second-order valence-electron chi connectivity index (χ2n) is 4.98. The molecule has 116 valence electrons. The number of fused-ring (bicyclic) bond motifs is 1. The molecular weight excluding hydrogens is 316 g/mol. The number of aliphatic hydroxyl groups is 1. The van der Waals surface area contributed by atoms with Gasteiger partial charge in [-0.05, 0) is 23.3 Å². The lowest BCUT2D eigenvalue weighted by Crippen LogP contribution is -2.12. The van der Waals surface area contributed by atoms with Gasteiger partial charge in [-0.2, -0.15) is 0 Å². The van der Waals surface area contributed by atoms with Gasteiger partial charge in [0.15, 0.2) is 4.80 Å². The number of rotatable bonds is 3. The SMILES string of the molecule is CC(O)CCl.N=c1sccn1Cc1cccc2ccccc12. The van der Waals surface area contributed by atoms with Crippen molar-refractivity contribution in [2.75, 3.05) is 5.88 Å². The molecule has 1 heterocycles. The minimum absolute atomic E-state index is 0.333. The monoisotopic (exact) mass is 334 g/mol. The van der Waals surface area contributed by atoms with Gasteiger partial charge in [-0.1, -0.05) is 42.5 Å². The number of alkyl halides is 1. The Morgan fingerprint density at radius 1 is 1.23 bits per heavy atom. The fourth-order valence-corrected chi connectivity index (χ4v) is 2.64. The summed E-state index contributed by atoms with van der Waals surface area (Å²) in [6.07, 6.45) is 1.62. The standard InChI is InChI=1S/C14H12N2S.C3H7ClO/c15-14-16(8-9-17-14)10-12-6-3-5-11-4-1-2-7-13(11)12;1-3(5)2-4/h1-9,15H,10H2;3,5H,2H2,1H3. The van der Waals surface area contributed by atoms with E-state index in [-0.39, 0.29) is 6.10 Å². The molecule has 0 aliphatic carbocycles. The van der Waals surface area contributed by atoms with Crippen LogP contribution in [0.2, 0.25) is 0 Å². The first kappa shape index (κ1) is 16.7. The highest BCUT2D eigenvalue weighted by atomic mass is 35.5. The lowest BCUT2D eigenvalue weighted by molar-refractivity contribution is 0.219. The predicted octanol–water partition coefficient (Wildman–Crippen LogP) is 3.84. The molecule has 2 N–H and O–H groups in total. The molecule has 5 heteroatoms.